The molecule has 1 saturated carbocycles. The summed E-state index contributed by atoms with van der Waals surface area (Å²) in [5, 5.41) is 7.84. The molecular weight excluding hydrogens is 412 g/mol. The van der Waals surface area contributed by atoms with Crippen molar-refractivity contribution in [1.29, 1.82) is 0 Å². The number of aromatic nitrogens is 4. The third-order valence-corrected chi connectivity index (χ3v) is 5.97. The van der Waals surface area contributed by atoms with Gasteiger partial charge in [0.1, 0.15) is 5.82 Å². The van der Waals surface area contributed by atoms with Crippen LogP contribution in [-0.4, -0.2) is 31.3 Å². The Labute approximate surface area is 164 Å². The molecule has 26 heavy (non-hydrogen) atoms. The van der Waals surface area contributed by atoms with Gasteiger partial charge in [-0.05, 0) is 57.0 Å². The molecule has 1 aliphatic rings. The van der Waals surface area contributed by atoms with E-state index in [9.17, 15) is 4.79 Å². The van der Waals surface area contributed by atoms with E-state index < -0.39 is 0 Å². The third-order valence-electron chi connectivity index (χ3n) is 4.59. The van der Waals surface area contributed by atoms with Crippen molar-refractivity contribution in [2.45, 2.75) is 37.8 Å². The smallest absolute Gasteiger partial charge is 0.208 e. The van der Waals surface area contributed by atoms with Gasteiger partial charge in [0.25, 0.3) is 0 Å². The first-order valence-electron chi connectivity index (χ1n) is 8.56. The van der Waals surface area contributed by atoms with Gasteiger partial charge in [-0.25, -0.2) is 4.98 Å². The summed E-state index contributed by atoms with van der Waals surface area (Å²) in [6, 6.07) is 10.1. The first kappa shape index (κ1) is 17.5. The van der Waals surface area contributed by atoms with Gasteiger partial charge in [0.15, 0.2) is 5.78 Å². The lowest BCUT2D eigenvalue weighted by molar-refractivity contribution is 0.102. The number of hydrogen-bond donors (Lipinski definition) is 1. The molecule has 1 fully saturated rings. The minimum absolute atomic E-state index is 0.101. The summed E-state index contributed by atoms with van der Waals surface area (Å²) < 4.78 is 3.15. The monoisotopic (exact) mass is 430 g/mol. The average Bonchev–Trinajstić information content (AvgIpc) is 3.29. The Bertz CT molecular complexity index is 957. The summed E-state index contributed by atoms with van der Waals surface area (Å²) in [6.07, 6.45) is 2.36. The van der Waals surface area contributed by atoms with Gasteiger partial charge in [0, 0.05) is 33.0 Å². The van der Waals surface area contributed by atoms with Gasteiger partial charge in [0.2, 0.25) is 5.16 Å². The highest BCUT2D eigenvalue weighted by molar-refractivity contribution is 9.10. The van der Waals surface area contributed by atoms with Crippen LogP contribution >= 0.6 is 27.7 Å². The fraction of sp³-hybridized carbons (Fsp3) is 0.316. The molecule has 2 aromatic heterocycles. The maximum atomic E-state index is 12.7. The fourth-order valence-corrected chi connectivity index (χ4v) is 4.06. The lowest BCUT2D eigenvalue weighted by atomic mass is 10.2. The van der Waals surface area contributed by atoms with Crippen LogP contribution in [0.15, 0.2) is 40.0 Å². The van der Waals surface area contributed by atoms with E-state index in [1.807, 2.05) is 44.2 Å². The summed E-state index contributed by atoms with van der Waals surface area (Å²) in [4.78, 5) is 17.2. The Kier molecular flexibility index (Phi) is 4.75. The molecule has 2 heterocycles. The zero-order valence-electron chi connectivity index (χ0n) is 14.6. The third kappa shape index (κ3) is 3.50. The van der Waals surface area contributed by atoms with Crippen molar-refractivity contribution >= 4 is 33.5 Å². The Balaban J connectivity index is 1.50. The van der Waals surface area contributed by atoms with E-state index in [1.165, 1.54) is 24.6 Å². The number of ketones is 1. The molecule has 1 aliphatic carbocycles. The molecule has 0 radical (unpaired) electrons. The zero-order valence-corrected chi connectivity index (χ0v) is 17.0. The number of nitrogens with zero attached hydrogens (tertiary/aromatic N) is 3. The molecule has 134 valence electrons. The Hall–Kier alpha value is -1.86. The minimum atomic E-state index is 0.101. The summed E-state index contributed by atoms with van der Waals surface area (Å²) in [5.74, 6) is 1.93. The number of rotatable bonds is 6. The molecule has 0 spiro atoms. The minimum Gasteiger partial charge on any atom is -0.318 e. The van der Waals surface area contributed by atoms with Crippen LogP contribution in [0.25, 0.3) is 5.69 Å². The molecule has 1 aromatic carbocycles. The van der Waals surface area contributed by atoms with Gasteiger partial charge in [0.05, 0.1) is 5.75 Å². The lowest BCUT2D eigenvalue weighted by Crippen LogP contribution is -2.05. The van der Waals surface area contributed by atoms with Gasteiger partial charge >= 0.3 is 0 Å². The van der Waals surface area contributed by atoms with Crippen LogP contribution in [0.2, 0.25) is 0 Å². The molecule has 0 unspecified atom stereocenters. The highest BCUT2D eigenvalue weighted by Gasteiger charge is 2.27. The quantitative estimate of drug-likeness (QED) is 0.449. The second-order valence-corrected chi connectivity index (χ2v) is 8.44. The number of H-pyrrole nitrogens is 1. The topological polar surface area (TPSA) is 63.6 Å². The van der Waals surface area contributed by atoms with Gasteiger partial charge in [-0.1, -0.05) is 27.7 Å². The molecule has 5 nitrogen and oxygen atoms in total. The van der Waals surface area contributed by atoms with Crippen LogP contribution in [0.3, 0.4) is 0 Å². The standard InChI is InChI=1S/C19H19BrN4OS/c1-11-9-16(12(2)24(11)15-7-5-14(20)6-8-15)17(25)10-26-19-21-18(22-23-19)13-3-4-13/h5-9,13H,3-4,10H2,1-2H3,(H,21,22,23). The Morgan fingerprint density at radius 1 is 1.31 bits per heavy atom. The number of carbonyl (C=O) groups is 1. The molecule has 4 rings (SSSR count). The van der Waals surface area contributed by atoms with Crippen molar-refractivity contribution in [2.24, 2.45) is 0 Å². The van der Waals surface area contributed by atoms with Crippen LogP contribution < -0.4 is 0 Å². The number of thioether (sulfide) groups is 1. The number of halogens is 1. The lowest BCUT2D eigenvalue weighted by Gasteiger charge is -2.10. The van der Waals surface area contributed by atoms with Gasteiger partial charge in [-0.3, -0.25) is 9.89 Å². The first-order valence-corrected chi connectivity index (χ1v) is 10.3. The predicted molar refractivity (Wildman–Crippen MR) is 106 cm³/mol. The number of benzene rings is 1. The number of aromatic amines is 1. The molecule has 1 N–H and O–H groups in total. The van der Waals surface area contributed by atoms with Crippen molar-refractivity contribution in [3.63, 3.8) is 0 Å². The molecule has 3 aromatic rings. The summed E-state index contributed by atoms with van der Waals surface area (Å²) in [7, 11) is 0. The molecule has 0 aliphatic heterocycles. The van der Waals surface area contributed by atoms with Crippen LogP contribution in [-0.2, 0) is 0 Å². The van der Waals surface area contributed by atoms with Crippen LogP contribution in [0.4, 0.5) is 0 Å². The van der Waals surface area contributed by atoms with Crippen molar-refractivity contribution in [2.75, 3.05) is 5.75 Å². The molecular formula is C19H19BrN4OS. The van der Waals surface area contributed by atoms with Crippen molar-refractivity contribution in [1.82, 2.24) is 19.7 Å². The molecule has 0 saturated heterocycles. The zero-order chi connectivity index (χ0) is 18.3. The van der Waals surface area contributed by atoms with E-state index in [0.29, 0.717) is 16.8 Å². The number of nitrogens with one attached hydrogen (secondary N) is 1. The van der Waals surface area contributed by atoms with Gasteiger partial charge in [-0.15, -0.1) is 5.10 Å². The highest BCUT2D eigenvalue weighted by Crippen LogP contribution is 2.38. The van der Waals surface area contributed by atoms with Crippen molar-refractivity contribution in [3.8, 4) is 5.69 Å². The summed E-state index contributed by atoms with van der Waals surface area (Å²) in [5.41, 5.74) is 3.82. The highest BCUT2D eigenvalue weighted by atomic mass is 79.9. The largest absolute Gasteiger partial charge is 0.318 e. The van der Waals surface area contributed by atoms with E-state index in [2.05, 4.69) is 35.7 Å². The maximum Gasteiger partial charge on any atom is 0.208 e. The Morgan fingerprint density at radius 3 is 2.73 bits per heavy atom. The molecule has 0 bridgehead atoms. The number of hydrogen-bond acceptors (Lipinski definition) is 4. The van der Waals surface area contributed by atoms with E-state index in [1.54, 1.807) is 0 Å². The van der Waals surface area contributed by atoms with Crippen molar-refractivity contribution in [3.05, 3.63) is 57.6 Å². The van der Waals surface area contributed by atoms with Crippen LogP contribution in [0, 0.1) is 13.8 Å². The van der Waals surface area contributed by atoms with E-state index in [4.69, 9.17) is 0 Å². The van der Waals surface area contributed by atoms with E-state index in [-0.39, 0.29) is 5.78 Å². The average molecular weight is 431 g/mol. The maximum absolute atomic E-state index is 12.7. The fourth-order valence-electron chi connectivity index (χ4n) is 3.10. The molecule has 0 atom stereocenters. The summed E-state index contributed by atoms with van der Waals surface area (Å²) >= 11 is 4.85. The van der Waals surface area contributed by atoms with E-state index in [0.717, 1.165) is 32.9 Å². The second kappa shape index (κ2) is 7.04. The predicted octanol–water partition coefficient (Wildman–Crippen LogP) is 4.83. The van der Waals surface area contributed by atoms with Crippen LogP contribution in [0.1, 0.15) is 46.3 Å². The van der Waals surface area contributed by atoms with Crippen molar-refractivity contribution < 1.29 is 4.79 Å². The number of aryl methyl sites for hydroxylation is 1. The van der Waals surface area contributed by atoms with Crippen LogP contribution in [0.5, 0.6) is 0 Å². The molecule has 7 heteroatoms. The number of carbonyl (C=O) groups excluding carboxylic acids is 1. The van der Waals surface area contributed by atoms with Gasteiger partial charge in [-0.2, -0.15) is 0 Å². The normalized spacial score (nSPS) is 14.0. The second-order valence-electron chi connectivity index (χ2n) is 6.59. The number of Topliss-reactive ketones (excluding diaryl/α,β-unsaturated/α-hetero) is 1. The first-order chi connectivity index (χ1) is 12.5. The van der Waals surface area contributed by atoms with E-state index >= 15 is 0 Å². The summed E-state index contributed by atoms with van der Waals surface area (Å²) in [6.45, 7) is 4.01. The Morgan fingerprint density at radius 2 is 2.04 bits per heavy atom. The SMILES string of the molecule is Cc1cc(C(=O)CSc2n[nH]c(C3CC3)n2)c(C)n1-c1ccc(Br)cc1. The molecule has 0 amide bonds. The van der Waals surface area contributed by atoms with Gasteiger partial charge < -0.3 is 4.57 Å².